The lowest BCUT2D eigenvalue weighted by Gasteiger charge is -2.14. The summed E-state index contributed by atoms with van der Waals surface area (Å²) in [6.07, 6.45) is 1.56. The summed E-state index contributed by atoms with van der Waals surface area (Å²) in [6, 6.07) is 27.4. The minimum atomic E-state index is -0.511. The highest BCUT2D eigenvalue weighted by Gasteiger charge is 2.17. The van der Waals surface area contributed by atoms with Crippen LogP contribution in [-0.4, -0.2) is 23.0 Å². The van der Waals surface area contributed by atoms with Crippen LogP contribution >= 0.6 is 46.6 Å². The second-order valence-electron chi connectivity index (χ2n) is 8.82. The molecule has 0 heterocycles. The van der Waals surface area contributed by atoms with E-state index < -0.39 is 17.1 Å². The maximum Gasteiger partial charge on any atom is 0.272 e. The van der Waals surface area contributed by atoms with Crippen molar-refractivity contribution in [3.05, 3.63) is 129 Å². The molecule has 0 saturated carbocycles. The SMILES string of the molecule is CC(Sc1ccc(NC(=O)/C(=C/c2cccc(Cl)c2)NC(=O)c2ccccc2)cc1)C(=O)Nc1cc(Cl)cc(Cl)c1. The third-order valence-corrected chi connectivity index (χ3v) is 7.40. The van der Waals surface area contributed by atoms with Crippen molar-refractivity contribution in [1.82, 2.24) is 5.32 Å². The van der Waals surface area contributed by atoms with Gasteiger partial charge in [-0.1, -0.05) is 65.1 Å². The zero-order chi connectivity index (χ0) is 29.4. The molecule has 3 amide bonds. The van der Waals surface area contributed by atoms with E-state index in [2.05, 4.69) is 16.0 Å². The highest BCUT2D eigenvalue weighted by atomic mass is 35.5. The third kappa shape index (κ3) is 9.13. The Labute approximate surface area is 257 Å². The van der Waals surface area contributed by atoms with Gasteiger partial charge in [-0.25, -0.2) is 0 Å². The van der Waals surface area contributed by atoms with Crippen LogP contribution in [0.5, 0.6) is 0 Å². The first-order valence-corrected chi connectivity index (χ1v) is 14.4. The van der Waals surface area contributed by atoms with Crippen molar-refractivity contribution >= 4 is 81.7 Å². The van der Waals surface area contributed by atoms with Crippen molar-refractivity contribution in [3.8, 4) is 0 Å². The first-order chi connectivity index (χ1) is 19.7. The predicted octanol–water partition coefficient (Wildman–Crippen LogP) is 8.18. The summed E-state index contributed by atoms with van der Waals surface area (Å²) in [6.45, 7) is 1.78. The quantitative estimate of drug-likeness (QED) is 0.129. The fourth-order valence-corrected chi connectivity index (χ4v) is 5.24. The molecule has 0 radical (unpaired) electrons. The maximum absolute atomic E-state index is 13.2. The van der Waals surface area contributed by atoms with Crippen LogP contribution in [0.4, 0.5) is 11.4 Å². The van der Waals surface area contributed by atoms with Crippen LogP contribution in [0.1, 0.15) is 22.8 Å². The van der Waals surface area contributed by atoms with E-state index in [4.69, 9.17) is 34.8 Å². The number of anilines is 2. The average molecular weight is 625 g/mol. The second kappa shape index (κ2) is 14.2. The molecular weight excluding hydrogens is 601 g/mol. The minimum absolute atomic E-state index is 0.0472. The number of benzene rings is 4. The molecular formula is C31H24Cl3N3O3S. The van der Waals surface area contributed by atoms with Crippen molar-refractivity contribution in [2.24, 2.45) is 0 Å². The highest BCUT2D eigenvalue weighted by Crippen LogP contribution is 2.27. The number of rotatable bonds is 9. The molecule has 0 aliphatic heterocycles. The van der Waals surface area contributed by atoms with E-state index in [1.165, 1.54) is 11.8 Å². The van der Waals surface area contributed by atoms with Gasteiger partial charge in [0.05, 0.1) is 5.25 Å². The summed E-state index contributed by atoms with van der Waals surface area (Å²) in [5, 5.41) is 9.25. The Bertz CT molecular complexity index is 1580. The normalized spacial score (nSPS) is 11.9. The lowest BCUT2D eigenvalue weighted by molar-refractivity contribution is -0.115. The molecule has 0 aliphatic carbocycles. The van der Waals surface area contributed by atoms with Crippen molar-refractivity contribution in [3.63, 3.8) is 0 Å². The van der Waals surface area contributed by atoms with Crippen molar-refractivity contribution in [2.75, 3.05) is 10.6 Å². The summed E-state index contributed by atoms with van der Waals surface area (Å²) < 4.78 is 0. The van der Waals surface area contributed by atoms with E-state index in [-0.39, 0.29) is 11.6 Å². The van der Waals surface area contributed by atoms with Gasteiger partial charge in [0.25, 0.3) is 11.8 Å². The van der Waals surface area contributed by atoms with Gasteiger partial charge in [-0.2, -0.15) is 0 Å². The molecule has 0 saturated heterocycles. The molecule has 0 aliphatic rings. The molecule has 6 nitrogen and oxygen atoms in total. The molecule has 4 aromatic carbocycles. The number of halogens is 3. The number of nitrogens with one attached hydrogen (secondary N) is 3. The average Bonchev–Trinajstić information content (AvgIpc) is 2.93. The lowest BCUT2D eigenvalue weighted by atomic mass is 10.1. The summed E-state index contributed by atoms with van der Waals surface area (Å²) in [5.41, 5.74) is 2.13. The molecule has 208 valence electrons. The number of amides is 3. The van der Waals surface area contributed by atoms with Crippen molar-refractivity contribution < 1.29 is 14.4 Å². The standard InChI is InChI=1S/C31H24Cl3N3O3S/c1-19(29(38)36-26-17-23(33)16-24(34)18-26)41-27-12-10-25(11-13-27)35-31(40)28(15-20-6-5-9-22(32)14-20)37-30(39)21-7-3-2-4-8-21/h2-19H,1H3,(H,35,40)(H,36,38)(H,37,39)/b28-15-. The molecule has 0 aromatic heterocycles. The van der Waals surface area contributed by atoms with E-state index in [0.717, 1.165) is 4.90 Å². The molecule has 0 fully saturated rings. The van der Waals surface area contributed by atoms with Crippen LogP contribution in [0.2, 0.25) is 15.1 Å². The van der Waals surface area contributed by atoms with Gasteiger partial charge in [-0.3, -0.25) is 14.4 Å². The number of carbonyl (C=O) groups excluding carboxylic acids is 3. The van der Waals surface area contributed by atoms with E-state index in [0.29, 0.717) is 37.6 Å². The van der Waals surface area contributed by atoms with Crippen LogP contribution in [0, 0.1) is 0 Å². The van der Waals surface area contributed by atoms with Gasteiger partial charge in [-0.05, 0) is 85.3 Å². The second-order valence-corrected chi connectivity index (χ2v) is 11.5. The van der Waals surface area contributed by atoms with Crippen molar-refractivity contribution in [2.45, 2.75) is 17.1 Å². The van der Waals surface area contributed by atoms with Gasteiger partial charge in [0.1, 0.15) is 5.70 Å². The topological polar surface area (TPSA) is 87.3 Å². The molecule has 0 spiro atoms. The van der Waals surface area contributed by atoms with Crippen LogP contribution in [0.25, 0.3) is 6.08 Å². The van der Waals surface area contributed by atoms with Gasteiger partial charge in [-0.15, -0.1) is 11.8 Å². The summed E-state index contributed by atoms with van der Waals surface area (Å²) in [5.74, 6) is -1.15. The summed E-state index contributed by atoms with van der Waals surface area (Å²) in [4.78, 5) is 39.5. The highest BCUT2D eigenvalue weighted by molar-refractivity contribution is 8.00. The number of hydrogen-bond acceptors (Lipinski definition) is 4. The van der Waals surface area contributed by atoms with Gasteiger partial charge in [0.15, 0.2) is 0 Å². The predicted molar refractivity (Wildman–Crippen MR) is 169 cm³/mol. The Balaban J connectivity index is 1.43. The smallest absolute Gasteiger partial charge is 0.272 e. The molecule has 4 rings (SSSR count). The van der Waals surface area contributed by atoms with Crippen LogP contribution < -0.4 is 16.0 Å². The molecule has 3 N–H and O–H groups in total. The van der Waals surface area contributed by atoms with Gasteiger partial charge in [0, 0.05) is 36.9 Å². The molecule has 41 heavy (non-hydrogen) atoms. The van der Waals surface area contributed by atoms with Crippen LogP contribution in [0.15, 0.2) is 108 Å². The van der Waals surface area contributed by atoms with E-state index in [9.17, 15) is 14.4 Å². The van der Waals surface area contributed by atoms with E-state index >= 15 is 0 Å². The molecule has 0 bridgehead atoms. The fraction of sp³-hybridized carbons (Fsp3) is 0.0645. The Hall–Kier alpha value is -3.75. The number of thioether (sulfide) groups is 1. The van der Waals surface area contributed by atoms with Crippen LogP contribution in [-0.2, 0) is 9.59 Å². The zero-order valence-electron chi connectivity index (χ0n) is 21.7. The zero-order valence-corrected chi connectivity index (χ0v) is 24.7. The number of hydrogen-bond donors (Lipinski definition) is 3. The monoisotopic (exact) mass is 623 g/mol. The first kappa shape index (κ1) is 30.2. The van der Waals surface area contributed by atoms with Crippen LogP contribution in [0.3, 0.4) is 0 Å². The third-order valence-electron chi connectivity index (χ3n) is 5.61. The van der Waals surface area contributed by atoms with Gasteiger partial charge < -0.3 is 16.0 Å². The summed E-state index contributed by atoms with van der Waals surface area (Å²) >= 11 is 19.5. The lowest BCUT2D eigenvalue weighted by Crippen LogP contribution is -2.30. The maximum atomic E-state index is 13.2. The van der Waals surface area contributed by atoms with Gasteiger partial charge in [0.2, 0.25) is 5.91 Å². The largest absolute Gasteiger partial charge is 0.325 e. The molecule has 4 aromatic rings. The molecule has 1 atom stereocenters. The Morgan fingerprint density at radius 1 is 0.732 bits per heavy atom. The van der Waals surface area contributed by atoms with E-state index in [1.54, 1.807) is 110 Å². The number of carbonyl (C=O) groups is 3. The fourth-order valence-electron chi connectivity index (χ4n) is 3.65. The molecule has 10 heteroatoms. The Morgan fingerprint density at radius 3 is 2.07 bits per heavy atom. The first-order valence-electron chi connectivity index (χ1n) is 12.3. The van der Waals surface area contributed by atoms with Gasteiger partial charge >= 0.3 is 0 Å². The minimum Gasteiger partial charge on any atom is -0.325 e. The van der Waals surface area contributed by atoms with E-state index in [1.807, 2.05) is 0 Å². The molecule has 1 unspecified atom stereocenters. The van der Waals surface area contributed by atoms with Crippen molar-refractivity contribution in [1.29, 1.82) is 0 Å². The Kier molecular flexibility index (Phi) is 10.5. The Morgan fingerprint density at radius 2 is 1.41 bits per heavy atom. The summed E-state index contributed by atoms with van der Waals surface area (Å²) in [7, 11) is 0.